The van der Waals surface area contributed by atoms with E-state index in [2.05, 4.69) is 0 Å². The predicted octanol–water partition coefficient (Wildman–Crippen LogP) is 2.36. The van der Waals surface area contributed by atoms with Gasteiger partial charge in [-0.2, -0.15) is 17.6 Å². The van der Waals surface area contributed by atoms with Gasteiger partial charge in [-0.25, -0.2) is 13.2 Å². The van der Waals surface area contributed by atoms with Crippen LogP contribution in [0.3, 0.4) is 0 Å². The zero-order valence-corrected chi connectivity index (χ0v) is 8.44. The summed E-state index contributed by atoms with van der Waals surface area (Å²) in [6, 6.07) is 0. The van der Waals surface area contributed by atoms with Gasteiger partial charge in [0.05, 0.1) is 12.0 Å². The Balaban J connectivity index is 1.96. The van der Waals surface area contributed by atoms with E-state index in [1.54, 1.807) is 0 Å². The summed E-state index contributed by atoms with van der Waals surface area (Å²) in [4.78, 5) is 0. The van der Waals surface area contributed by atoms with E-state index in [-0.39, 0.29) is 0 Å². The van der Waals surface area contributed by atoms with Crippen LogP contribution in [-0.2, 0) is 4.74 Å². The van der Waals surface area contributed by atoms with Crippen molar-refractivity contribution in [2.45, 2.75) is 41.1 Å². The van der Waals surface area contributed by atoms with Crippen LogP contribution < -0.4 is 0 Å². The molecule has 0 spiro atoms. The standard InChI is InChI=1S/C10H5F7O/c11-6-4-2-1-3(18-4)5(6)7(12)8(6,13)10(16,17)9(7,14)15/h1-5H/t3-,4+,5?,6?,7?,8?/m0/s1. The summed E-state index contributed by atoms with van der Waals surface area (Å²) in [5.41, 5.74) is -12.2. The molecule has 0 amide bonds. The largest absolute Gasteiger partial charge is 0.363 e. The summed E-state index contributed by atoms with van der Waals surface area (Å²) in [7, 11) is 0. The van der Waals surface area contributed by atoms with Crippen LogP contribution in [0.1, 0.15) is 0 Å². The van der Waals surface area contributed by atoms with Gasteiger partial charge in [-0.05, 0) is 0 Å². The third kappa shape index (κ3) is 0.543. The van der Waals surface area contributed by atoms with Crippen LogP contribution in [0.4, 0.5) is 30.7 Å². The van der Waals surface area contributed by atoms with Crippen molar-refractivity contribution < 1.29 is 35.5 Å². The van der Waals surface area contributed by atoms with Crippen molar-refractivity contribution in [2.24, 2.45) is 5.92 Å². The van der Waals surface area contributed by atoms with Crippen LogP contribution in [0.5, 0.6) is 0 Å². The van der Waals surface area contributed by atoms with Gasteiger partial charge in [-0.1, -0.05) is 12.2 Å². The molecule has 6 atom stereocenters. The minimum atomic E-state index is -5.37. The Morgan fingerprint density at radius 3 is 2.06 bits per heavy atom. The molecule has 4 aliphatic rings. The van der Waals surface area contributed by atoms with Gasteiger partial charge in [0.25, 0.3) is 5.67 Å². The highest BCUT2D eigenvalue weighted by molar-refractivity contribution is 5.54. The number of halogens is 7. The first-order valence-corrected chi connectivity index (χ1v) is 5.24. The van der Waals surface area contributed by atoms with Crippen molar-refractivity contribution in [3.05, 3.63) is 12.2 Å². The van der Waals surface area contributed by atoms with Crippen molar-refractivity contribution in [3.63, 3.8) is 0 Å². The highest BCUT2D eigenvalue weighted by Gasteiger charge is 3.14. The van der Waals surface area contributed by atoms with Gasteiger partial charge in [0.15, 0.2) is 5.67 Å². The summed E-state index contributed by atoms with van der Waals surface area (Å²) < 4.78 is 99.8. The molecule has 2 aliphatic heterocycles. The summed E-state index contributed by atoms with van der Waals surface area (Å²) in [6.45, 7) is 0. The Morgan fingerprint density at radius 2 is 1.44 bits per heavy atom. The SMILES string of the molecule is FC12C([C@@H]3C=C[C@H]1O3)C1(F)C(F)(F)C(F)(F)C21F. The Morgan fingerprint density at radius 1 is 0.833 bits per heavy atom. The minimum absolute atomic E-state index is 0.967. The van der Waals surface area contributed by atoms with Gasteiger partial charge in [0.1, 0.15) is 6.10 Å². The molecule has 2 saturated carbocycles. The van der Waals surface area contributed by atoms with Gasteiger partial charge in [-0.15, -0.1) is 0 Å². The van der Waals surface area contributed by atoms with Crippen LogP contribution in [-0.4, -0.2) is 41.1 Å². The Bertz CT molecular complexity index is 504. The second kappa shape index (κ2) is 2.21. The molecule has 4 rings (SSSR count). The van der Waals surface area contributed by atoms with E-state index in [9.17, 15) is 30.7 Å². The predicted molar refractivity (Wildman–Crippen MR) is 42.7 cm³/mol. The number of ether oxygens (including phenoxy) is 1. The highest BCUT2D eigenvalue weighted by Crippen LogP contribution is 2.86. The van der Waals surface area contributed by atoms with Crippen molar-refractivity contribution in [3.8, 4) is 0 Å². The third-order valence-corrected chi connectivity index (χ3v) is 4.72. The van der Waals surface area contributed by atoms with Crippen molar-refractivity contribution in [1.29, 1.82) is 0 Å². The van der Waals surface area contributed by atoms with Crippen molar-refractivity contribution in [1.82, 2.24) is 0 Å². The van der Waals surface area contributed by atoms with Gasteiger partial charge in [0, 0.05) is 0 Å². The first-order valence-electron chi connectivity index (χ1n) is 5.24. The lowest BCUT2D eigenvalue weighted by Crippen LogP contribution is -3.03. The fraction of sp³-hybridized carbons (Fsp3) is 0.800. The molecule has 1 nitrogen and oxygen atoms in total. The normalized spacial score (nSPS) is 64.9. The third-order valence-electron chi connectivity index (χ3n) is 4.72. The Kier molecular flexibility index (Phi) is 1.36. The number of hydrogen-bond donors (Lipinski definition) is 0. The zero-order valence-electron chi connectivity index (χ0n) is 8.44. The van der Waals surface area contributed by atoms with Crippen LogP contribution >= 0.6 is 0 Å². The summed E-state index contributed by atoms with van der Waals surface area (Å²) in [5.74, 6) is -12.8. The summed E-state index contributed by atoms with van der Waals surface area (Å²) in [5, 5.41) is 0. The van der Waals surface area contributed by atoms with E-state index in [1.165, 1.54) is 0 Å². The van der Waals surface area contributed by atoms with Crippen LogP contribution in [0.2, 0.25) is 0 Å². The Labute approximate surface area is 95.6 Å². The molecule has 2 heterocycles. The maximum Gasteiger partial charge on any atom is 0.353 e. The number of rotatable bonds is 0. The van der Waals surface area contributed by atoms with E-state index in [0.717, 1.165) is 12.2 Å². The molecular formula is C10H5F7O. The fourth-order valence-electron chi connectivity index (χ4n) is 3.92. The first-order chi connectivity index (χ1) is 8.08. The van der Waals surface area contributed by atoms with Gasteiger partial charge < -0.3 is 4.74 Å². The van der Waals surface area contributed by atoms with Gasteiger partial charge >= 0.3 is 11.8 Å². The molecular weight excluding hydrogens is 269 g/mol. The first kappa shape index (κ1) is 11.1. The lowest BCUT2D eigenvalue weighted by atomic mass is 9.35. The van der Waals surface area contributed by atoms with Gasteiger partial charge in [-0.3, -0.25) is 0 Å². The van der Waals surface area contributed by atoms with Crippen molar-refractivity contribution in [2.75, 3.05) is 0 Å². The Hall–Kier alpha value is -0.790. The van der Waals surface area contributed by atoms with E-state index in [0.29, 0.717) is 0 Å². The molecule has 0 radical (unpaired) electrons. The van der Waals surface area contributed by atoms with E-state index >= 15 is 0 Å². The lowest BCUT2D eigenvalue weighted by molar-refractivity contribution is -0.527. The fourth-order valence-corrected chi connectivity index (χ4v) is 3.92. The molecule has 0 aromatic rings. The maximum atomic E-state index is 14.3. The molecule has 2 bridgehead atoms. The molecule has 4 unspecified atom stereocenters. The second-order valence-corrected chi connectivity index (χ2v) is 5.17. The molecule has 3 fully saturated rings. The topological polar surface area (TPSA) is 9.23 Å². The minimum Gasteiger partial charge on any atom is -0.363 e. The second-order valence-electron chi connectivity index (χ2n) is 5.17. The van der Waals surface area contributed by atoms with Crippen LogP contribution in [0, 0.1) is 5.92 Å². The average molecular weight is 274 g/mol. The number of alkyl halides is 7. The number of hydrogen-bond acceptors (Lipinski definition) is 1. The lowest BCUT2D eigenvalue weighted by Gasteiger charge is -2.73. The number of fused-ring (bicyclic) bond motifs is 8. The van der Waals surface area contributed by atoms with Gasteiger partial charge in [0.2, 0.25) is 5.67 Å². The van der Waals surface area contributed by atoms with E-state index in [4.69, 9.17) is 4.74 Å². The van der Waals surface area contributed by atoms with E-state index in [1.807, 2.05) is 0 Å². The van der Waals surface area contributed by atoms with Crippen LogP contribution in [0.15, 0.2) is 12.2 Å². The maximum absolute atomic E-state index is 14.3. The highest BCUT2D eigenvalue weighted by atomic mass is 19.3. The molecule has 0 N–H and O–H groups in total. The summed E-state index contributed by atoms with van der Waals surface area (Å²) in [6.07, 6.45) is -1.09. The molecule has 0 aromatic carbocycles. The average Bonchev–Trinajstić information content (AvgIpc) is 2.84. The quantitative estimate of drug-likeness (QED) is 0.487. The van der Waals surface area contributed by atoms with E-state index < -0.39 is 47.0 Å². The smallest absolute Gasteiger partial charge is 0.353 e. The molecule has 100 valence electrons. The molecule has 1 saturated heterocycles. The van der Waals surface area contributed by atoms with Crippen molar-refractivity contribution >= 4 is 0 Å². The molecule has 18 heavy (non-hydrogen) atoms. The summed E-state index contributed by atoms with van der Waals surface area (Å²) >= 11 is 0. The monoisotopic (exact) mass is 274 g/mol. The van der Waals surface area contributed by atoms with Crippen LogP contribution in [0.25, 0.3) is 0 Å². The molecule has 2 aliphatic carbocycles. The zero-order chi connectivity index (χ0) is 13.4. The molecule has 0 aromatic heterocycles. The molecule has 8 heteroatoms.